The number of nitrogens with two attached hydrogens (primary N) is 1. The Hall–Kier alpha value is -0.400. The second kappa shape index (κ2) is 6.68. The SMILES string of the molecule is NC(=S)CCCNS(=O)(=O)c1cc(Cl)ccc1Cl. The van der Waals surface area contributed by atoms with Crippen molar-refractivity contribution in [1.29, 1.82) is 0 Å². The lowest BCUT2D eigenvalue weighted by molar-refractivity contribution is 0.580. The Kier molecular flexibility index (Phi) is 5.81. The molecule has 0 fully saturated rings. The lowest BCUT2D eigenvalue weighted by Gasteiger charge is -2.08. The molecule has 1 aromatic rings. The molecule has 0 atom stereocenters. The Labute approximate surface area is 122 Å². The second-order valence-electron chi connectivity index (χ2n) is 3.54. The van der Waals surface area contributed by atoms with Crippen LogP contribution in [0.3, 0.4) is 0 Å². The minimum absolute atomic E-state index is 0.0352. The molecule has 18 heavy (non-hydrogen) atoms. The smallest absolute Gasteiger partial charge is 0.242 e. The molecule has 0 bridgehead atoms. The highest BCUT2D eigenvalue weighted by Crippen LogP contribution is 2.24. The third-order valence-corrected chi connectivity index (χ3v) is 4.46. The highest BCUT2D eigenvalue weighted by Gasteiger charge is 2.17. The molecular weight excluding hydrogens is 315 g/mol. The van der Waals surface area contributed by atoms with E-state index in [4.69, 9.17) is 41.2 Å². The maximum atomic E-state index is 11.9. The molecule has 100 valence electrons. The van der Waals surface area contributed by atoms with Crippen LogP contribution >= 0.6 is 35.4 Å². The Morgan fingerprint density at radius 2 is 2.06 bits per heavy atom. The third-order valence-electron chi connectivity index (χ3n) is 2.07. The predicted molar refractivity (Wildman–Crippen MR) is 77.7 cm³/mol. The molecule has 0 aliphatic rings. The first-order valence-corrected chi connectivity index (χ1v) is 7.70. The molecule has 0 amide bonds. The summed E-state index contributed by atoms with van der Waals surface area (Å²) >= 11 is 16.3. The van der Waals surface area contributed by atoms with Crippen molar-refractivity contribution in [2.24, 2.45) is 5.73 Å². The number of nitrogens with one attached hydrogen (secondary N) is 1. The number of halogens is 2. The predicted octanol–water partition coefficient (Wildman–Crippen LogP) is 2.34. The van der Waals surface area contributed by atoms with Crippen molar-refractivity contribution in [3.8, 4) is 0 Å². The molecule has 1 rings (SSSR count). The summed E-state index contributed by atoms with van der Waals surface area (Å²) in [7, 11) is -3.66. The number of sulfonamides is 1. The van der Waals surface area contributed by atoms with Crippen molar-refractivity contribution in [2.45, 2.75) is 17.7 Å². The normalized spacial score (nSPS) is 11.4. The van der Waals surface area contributed by atoms with E-state index in [1.54, 1.807) is 0 Å². The van der Waals surface area contributed by atoms with Crippen molar-refractivity contribution in [2.75, 3.05) is 6.54 Å². The lowest BCUT2D eigenvalue weighted by atomic mass is 10.3. The van der Waals surface area contributed by atoms with Gasteiger partial charge in [0.05, 0.1) is 10.0 Å². The average Bonchev–Trinajstić information content (AvgIpc) is 2.27. The van der Waals surface area contributed by atoms with Gasteiger partial charge >= 0.3 is 0 Å². The van der Waals surface area contributed by atoms with Crippen LogP contribution in [0, 0.1) is 0 Å². The van der Waals surface area contributed by atoms with Crippen LogP contribution < -0.4 is 10.5 Å². The van der Waals surface area contributed by atoms with Gasteiger partial charge in [-0.1, -0.05) is 35.4 Å². The molecule has 0 unspecified atom stereocenters. The van der Waals surface area contributed by atoms with Crippen LogP contribution in [0.25, 0.3) is 0 Å². The van der Waals surface area contributed by atoms with E-state index in [9.17, 15) is 8.42 Å². The summed E-state index contributed by atoms with van der Waals surface area (Å²) in [5, 5.41) is 0.434. The van der Waals surface area contributed by atoms with E-state index in [0.717, 1.165) is 0 Å². The van der Waals surface area contributed by atoms with Gasteiger partial charge in [0.25, 0.3) is 0 Å². The summed E-state index contributed by atoms with van der Waals surface area (Å²) in [6, 6.07) is 4.27. The molecule has 4 nitrogen and oxygen atoms in total. The summed E-state index contributed by atoms with van der Waals surface area (Å²) in [5.41, 5.74) is 5.31. The van der Waals surface area contributed by atoms with Gasteiger partial charge < -0.3 is 5.73 Å². The summed E-state index contributed by atoms with van der Waals surface area (Å²) in [4.78, 5) is 0.321. The summed E-state index contributed by atoms with van der Waals surface area (Å²) < 4.78 is 26.3. The minimum atomic E-state index is -3.66. The highest BCUT2D eigenvalue weighted by molar-refractivity contribution is 7.89. The van der Waals surface area contributed by atoms with Crippen LogP contribution in [0.1, 0.15) is 12.8 Å². The van der Waals surface area contributed by atoms with Crippen LogP contribution in [0.5, 0.6) is 0 Å². The molecular formula is C10H12Cl2N2O2S2. The van der Waals surface area contributed by atoms with Gasteiger partial charge in [-0.2, -0.15) is 0 Å². The van der Waals surface area contributed by atoms with Crippen LogP contribution in [-0.4, -0.2) is 20.0 Å². The Bertz CT molecular complexity index is 547. The van der Waals surface area contributed by atoms with Crippen molar-refractivity contribution >= 4 is 50.4 Å². The Morgan fingerprint density at radius 1 is 1.39 bits per heavy atom. The van der Waals surface area contributed by atoms with E-state index in [2.05, 4.69) is 4.72 Å². The number of benzene rings is 1. The van der Waals surface area contributed by atoms with E-state index in [0.29, 0.717) is 22.9 Å². The Morgan fingerprint density at radius 3 is 2.67 bits per heavy atom. The van der Waals surface area contributed by atoms with Crippen LogP contribution in [0.15, 0.2) is 23.1 Å². The molecule has 0 saturated carbocycles. The second-order valence-corrected chi connectivity index (χ2v) is 6.65. The van der Waals surface area contributed by atoms with Gasteiger partial charge in [-0.25, -0.2) is 13.1 Å². The maximum absolute atomic E-state index is 11.9. The molecule has 0 spiro atoms. The summed E-state index contributed by atoms with van der Waals surface area (Å²) in [6.45, 7) is 0.239. The minimum Gasteiger partial charge on any atom is -0.393 e. The van der Waals surface area contributed by atoms with Gasteiger partial charge in [0, 0.05) is 11.6 Å². The molecule has 0 saturated heterocycles. The summed E-state index contributed by atoms with van der Waals surface area (Å²) in [5.74, 6) is 0. The fraction of sp³-hybridized carbons (Fsp3) is 0.300. The van der Waals surface area contributed by atoms with Gasteiger partial charge in [0.2, 0.25) is 10.0 Å². The van der Waals surface area contributed by atoms with Gasteiger partial charge in [-0.05, 0) is 31.0 Å². The van der Waals surface area contributed by atoms with Crippen LogP contribution in [0.4, 0.5) is 0 Å². The van der Waals surface area contributed by atoms with Gasteiger partial charge in [0.15, 0.2) is 0 Å². The Balaban J connectivity index is 2.74. The molecule has 8 heteroatoms. The summed E-state index contributed by atoms with van der Waals surface area (Å²) in [6.07, 6.45) is 1.02. The van der Waals surface area contributed by atoms with Crippen molar-refractivity contribution in [3.63, 3.8) is 0 Å². The molecule has 0 aliphatic heterocycles. The monoisotopic (exact) mass is 326 g/mol. The first-order chi connectivity index (χ1) is 8.33. The standard InChI is InChI=1S/C10H12Cl2N2O2S2/c11-7-3-4-8(12)9(6-7)18(15,16)14-5-1-2-10(13)17/h3-4,6,14H,1-2,5H2,(H2,13,17). The molecule has 0 heterocycles. The fourth-order valence-electron chi connectivity index (χ4n) is 1.23. The zero-order chi connectivity index (χ0) is 13.8. The fourth-order valence-corrected chi connectivity index (χ4v) is 3.21. The van der Waals surface area contributed by atoms with Gasteiger partial charge in [-0.3, -0.25) is 0 Å². The van der Waals surface area contributed by atoms with E-state index in [1.807, 2.05) is 0 Å². The average molecular weight is 327 g/mol. The van der Waals surface area contributed by atoms with E-state index >= 15 is 0 Å². The van der Waals surface area contributed by atoms with E-state index in [-0.39, 0.29) is 16.5 Å². The van der Waals surface area contributed by atoms with Crippen molar-refractivity contribution in [1.82, 2.24) is 4.72 Å². The van der Waals surface area contributed by atoms with Crippen molar-refractivity contribution < 1.29 is 8.42 Å². The quantitative estimate of drug-likeness (QED) is 0.621. The zero-order valence-corrected chi connectivity index (χ0v) is 12.5. The molecule has 0 aromatic heterocycles. The first kappa shape index (κ1) is 15.7. The largest absolute Gasteiger partial charge is 0.393 e. The molecule has 0 aliphatic carbocycles. The number of hydrogen-bond donors (Lipinski definition) is 2. The van der Waals surface area contributed by atoms with Gasteiger partial charge in [0.1, 0.15) is 4.90 Å². The highest BCUT2D eigenvalue weighted by atomic mass is 35.5. The lowest BCUT2D eigenvalue weighted by Crippen LogP contribution is -2.26. The molecule has 0 radical (unpaired) electrons. The van der Waals surface area contributed by atoms with Crippen LogP contribution in [-0.2, 0) is 10.0 Å². The van der Waals surface area contributed by atoms with E-state index in [1.165, 1.54) is 18.2 Å². The van der Waals surface area contributed by atoms with Crippen LogP contribution in [0.2, 0.25) is 10.0 Å². The third kappa shape index (κ3) is 4.70. The van der Waals surface area contributed by atoms with Crippen molar-refractivity contribution in [3.05, 3.63) is 28.2 Å². The van der Waals surface area contributed by atoms with Gasteiger partial charge in [-0.15, -0.1) is 0 Å². The number of hydrogen-bond acceptors (Lipinski definition) is 3. The molecule has 1 aromatic carbocycles. The number of rotatable bonds is 6. The molecule has 3 N–H and O–H groups in total. The number of thiocarbonyl (C=S) groups is 1. The maximum Gasteiger partial charge on any atom is 0.242 e. The zero-order valence-electron chi connectivity index (χ0n) is 9.32. The topological polar surface area (TPSA) is 72.2 Å². The van der Waals surface area contributed by atoms with E-state index < -0.39 is 10.0 Å². The first-order valence-electron chi connectivity index (χ1n) is 5.06.